The topological polar surface area (TPSA) is 88.2 Å². The van der Waals surface area contributed by atoms with E-state index >= 15 is 0 Å². The van der Waals surface area contributed by atoms with Crippen LogP contribution in [0.2, 0.25) is 0 Å². The van der Waals surface area contributed by atoms with Crippen LogP contribution >= 0.6 is 0 Å². The number of hydrogen-bond donors (Lipinski definition) is 0. The molecule has 7 heteroatoms. The predicted molar refractivity (Wildman–Crippen MR) is 96.4 cm³/mol. The second-order valence-corrected chi connectivity index (χ2v) is 5.56. The smallest absolute Gasteiger partial charge is 0.279 e. The van der Waals surface area contributed by atoms with Crippen molar-refractivity contribution in [2.24, 2.45) is 10.2 Å². The Bertz CT molecular complexity index is 918. The molecule has 0 atom stereocenters. The zero-order valence-corrected chi connectivity index (χ0v) is 13.8. The van der Waals surface area contributed by atoms with Crippen LogP contribution in [0.5, 0.6) is 0 Å². The number of carbonyl (C=O) groups is 1. The number of nitro benzene ring substituents is 1. The number of para-hydroxylation sites is 1. The lowest BCUT2D eigenvalue weighted by Crippen LogP contribution is -2.29. The fourth-order valence-corrected chi connectivity index (χ4v) is 2.73. The highest BCUT2D eigenvalue weighted by molar-refractivity contribution is 6.54. The molecule has 2 aromatic rings. The molecule has 1 aliphatic rings. The molecule has 0 unspecified atom stereocenters. The van der Waals surface area contributed by atoms with Crippen LogP contribution in [0.3, 0.4) is 0 Å². The molecule has 0 aliphatic carbocycles. The van der Waals surface area contributed by atoms with Crippen molar-refractivity contribution in [3.8, 4) is 0 Å². The summed E-state index contributed by atoms with van der Waals surface area (Å²) in [4.78, 5) is 24.6. The van der Waals surface area contributed by atoms with Crippen molar-refractivity contribution in [1.29, 1.82) is 0 Å². The van der Waals surface area contributed by atoms with Crippen molar-refractivity contribution < 1.29 is 9.72 Å². The van der Waals surface area contributed by atoms with Gasteiger partial charge in [0.2, 0.25) is 0 Å². The Kier molecular flexibility index (Phi) is 4.38. The molecule has 1 heterocycles. The van der Waals surface area contributed by atoms with Crippen LogP contribution < -0.4 is 4.90 Å². The molecule has 0 spiro atoms. The van der Waals surface area contributed by atoms with Gasteiger partial charge in [0.15, 0.2) is 5.71 Å². The van der Waals surface area contributed by atoms with Gasteiger partial charge in [0.1, 0.15) is 0 Å². The normalized spacial score (nSPS) is 15.2. The van der Waals surface area contributed by atoms with E-state index in [0.717, 1.165) is 11.3 Å². The second-order valence-electron chi connectivity index (χ2n) is 5.56. The first kappa shape index (κ1) is 16.5. The molecule has 0 radical (unpaired) electrons. The standard InChI is InChI=1S/C18H16N4O3/c1-3-21-15-7-5-4-6-14(15)17(18(21)23)20-19-11-13-9-8-12(2)16(10-13)22(24)25/h4-11H,3H2,1-2H3/b19-11-,20-17+. The van der Waals surface area contributed by atoms with E-state index in [9.17, 15) is 14.9 Å². The number of carbonyl (C=O) groups excluding carboxylic acids is 1. The van der Waals surface area contributed by atoms with Crippen molar-refractivity contribution in [2.75, 3.05) is 11.4 Å². The van der Waals surface area contributed by atoms with E-state index in [2.05, 4.69) is 10.2 Å². The van der Waals surface area contributed by atoms with Gasteiger partial charge in [-0.15, -0.1) is 5.10 Å². The Morgan fingerprint density at radius 3 is 2.72 bits per heavy atom. The van der Waals surface area contributed by atoms with Gasteiger partial charge in [0, 0.05) is 29.3 Å². The quantitative estimate of drug-likeness (QED) is 0.488. The highest BCUT2D eigenvalue weighted by Gasteiger charge is 2.32. The summed E-state index contributed by atoms with van der Waals surface area (Å²) in [6, 6.07) is 12.2. The summed E-state index contributed by atoms with van der Waals surface area (Å²) in [6.45, 7) is 4.11. The average molecular weight is 336 g/mol. The van der Waals surface area contributed by atoms with Gasteiger partial charge in [0.05, 0.1) is 16.8 Å². The highest BCUT2D eigenvalue weighted by Crippen LogP contribution is 2.28. The van der Waals surface area contributed by atoms with Gasteiger partial charge in [-0.2, -0.15) is 5.10 Å². The Morgan fingerprint density at radius 1 is 1.24 bits per heavy atom. The van der Waals surface area contributed by atoms with Crippen LogP contribution in [-0.2, 0) is 4.79 Å². The molecule has 2 aromatic carbocycles. The van der Waals surface area contributed by atoms with E-state index < -0.39 is 4.92 Å². The van der Waals surface area contributed by atoms with E-state index in [-0.39, 0.29) is 17.3 Å². The lowest BCUT2D eigenvalue weighted by atomic mass is 10.1. The summed E-state index contributed by atoms with van der Waals surface area (Å²) in [5.41, 5.74) is 2.97. The van der Waals surface area contributed by atoms with Gasteiger partial charge in [-0.1, -0.05) is 30.3 Å². The van der Waals surface area contributed by atoms with Gasteiger partial charge < -0.3 is 4.90 Å². The monoisotopic (exact) mass is 336 g/mol. The minimum absolute atomic E-state index is 0.0241. The minimum Gasteiger partial charge on any atom is -0.307 e. The number of nitro groups is 1. The summed E-state index contributed by atoms with van der Waals surface area (Å²) in [7, 11) is 0. The maximum atomic E-state index is 12.5. The summed E-state index contributed by atoms with van der Waals surface area (Å²) in [6.07, 6.45) is 1.41. The number of hydrogen-bond acceptors (Lipinski definition) is 5. The fourth-order valence-electron chi connectivity index (χ4n) is 2.73. The summed E-state index contributed by atoms with van der Waals surface area (Å²) < 4.78 is 0. The van der Waals surface area contributed by atoms with Crippen LogP contribution in [0.1, 0.15) is 23.6 Å². The molecular formula is C18H16N4O3. The van der Waals surface area contributed by atoms with E-state index in [4.69, 9.17) is 0 Å². The maximum Gasteiger partial charge on any atom is 0.279 e. The van der Waals surface area contributed by atoms with Gasteiger partial charge in [0.25, 0.3) is 11.6 Å². The Labute approximate surface area is 144 Å². The minimum atomic E-state index is -0.436. The fraction of sp³-hybridized carbons (Fsp3) is 0.167. The molecule has 1 aliphatic heterocycles. The van der Waals surface area contributed by atoms with E-state index in [0.29, 0.717) is 17.7 Å². The molecular weight excluding hydrogens is 320 g/mol. The van der Waals surface area contributed by atoms with Crippen molar-refractivity contribution in [1.82, 2.24) is 0 Å². The van der Waals surface area contributed by atoms with E-state index in [1.807, 2.05) is 31.2 Å². The van der Waals surface area contributed by atoms with Crippen molar-refractivity contribution >= 4 is 29.2 Å². The van der Waals surface area contributed by atoms with E-state index in [1.165, 1.54) is 12.3 Å². The number of benzene rings is 2. The summed E-state index contributed by atoms with van der Waals surface area (Å²) in [5, 5.41) is 19.0. The Balaban J connectivity index is 1.92. The third kappa shape index (κ3) is 3.03. The van der Waals surface area contributed by atoms with Crippen LogP contribution in [0.4, 0.5) is 11.4 Å². The molecule has 1 amide bonds. The molecule has 0 saturated heterocycles. The highest BCUT2D eigenvalue weighted by atomic mass is 16.6. The van der Waals surface area contributed by atoms with Crippen molar-refractivity contribution in [3.05, 3.63) is 69.3 Å². The van der Waals surface area contributed by atoms with E-state index in [1.54, 1.807) is 24.0 Å². The zero-order valence-electron chi connectivity index (χ0n) is 13.8. The first-order valence-electron chi connectivity index (χ1n) is 7.80. The lowest BCUT2D eigenvalue weighted by molar-refractivity contribution is -0.385. The summed E-state index contributed by atoms with van der Waals surface area (Å²) >= 11 is 0. The molecule has 0 fully saturated rings. The maximum absolute atomic E-state index is 12.5. The summed E-state index contributed by atoms with van der Waals surface area (Å²) in [5.74, 6) is -0.198. The third-order valence-electron chi connectivity index (χ3n) is 4.01. The van der Waals surface area contributed by atoms with Gasteiger partial charge >= 0.3 is 0 Å². The van der Waals surface area contributed by atoms with Crippen LogP contribution in [0, 0.1) is 17.0 Å². The van der Waals surface area contributed by atoms with Gasteiger partial charge in [-0.05, 0) is 19.9 Å². The number of rotatable bonds is 4. The third-order valence-corrected chi connectivity index (χ3v) is 4.01. The average Bonchev–Trinajstić information content (AvgIpc) is 2.87. The first-order valence-corrected chi connectivity index (χ1v) is 7.80. The van der Waals surface area contributed by atoms with Crippen LogP contribution in [0.25, 0.3) is 0 Å². The molecule has 0 saturated carbocycles. The molecule has 7 nitrogen and oxygen atoms in total. The van der Waals surface area contributed by atoms with Crippen LogP contribution in [0.15, 0.2) is 52.7 Å². The predicted octanol–water partition coefficient (Wildman–Crippen LogP) is 3.09. The Morgan fingerprint density at radius 2 is 2.00 bits per heavy atom. The number of anilines is 1. The number of nitrogens with zero attached hydrogens (tertiary/aromatic N) is 4. The molecule has 25 heavy (non-hydrogen) atoms. The van der Waals surface area contributed by atoms with Crippen molar-refractivity contribution in [2.45, 2.75) is 13.8 Å². The number of likely N-dealkylation sites (N-methyl/N-ethyl adjacent to an activating group) is 1. The number of fused-ring (bicyclic) bond motifs is 1. The lowest BCUT2D eigenvalue weighted by Gasteiger charge is -2.12. The molecule has 0 aromatic heterocycles. The van der Waals surface area contributed by atoms with Gasteiger partial charge in [-0.3, -0.25) is 14.9 Å². The Hall–Kier alpha value is -3.35. The largest absolute Gasteiger partial charge is 0.307 e. The first-order chi connectivity index (χ1) is 12.0. The molecule has 3 rings (SSSR count). The SMILES string of the molecule is CCN1C(=O)/C(=N/N=C\c2ccc(C)c([N+](=O)[O-])c2)c2ccccc21. The molecule has 0 N–H and O–H groups in total. The zero-order chi connectivity index (χ0) is 18.0. The number of amides is 1. The second kappa shape index (κ2) is 6.64. The van der Waals surface area contributed by atoms with Crippen LogP contribution in [-0.4, -0.2) is 29.3 Å². The molecule has 0 bridgehead atoms. The van der Waals surface area contributed by atoms with Gasteiger partial charge in [-0.25, -0.2) is 0 Å². The molecule has 126 valence electrons. The van der Waals surface area contributed by atoms with Crippen molar-refractivity contribution in [3.63, 3.8) is 0 Å². The number of aryl methyl sites for hydroxylation is 1.